The number of ether oxygens (including phenoxy) is 1. The van der Waals surface area contributed by atoms with Crippen molar-refractivity contribution in [2.24, 2.45) is 0 Å². The van der Waals surface area contributed by atoms with Crippen LogP contribution in [0.5, 0.6) is 5.75 Å². The van der Waals surface area contributed by atoms with Gasteiger partial charge in [-0.2, -0.15) is 0 Å². The number of nitrogens with zero attached hydrogens (tertiary/aromatic N) is 1. The van der Waals surface area contributed by atoms with E-state index in [0.717, 1.165) is 0 Å². The van der Waals surface area contributed by atoms with Crippen LogP contribution in [0.25, 0.3) is 0 Å². The van der Waals surface area contributed by atoms with Crippen molar-refractivity contribution in [1.82, 2.24) is 5.16 Å². The molecular formula is C10H7FN2O3. The van der Waals surface area contributed by atoms with Gasteiger partial charge in [0.15, 0.2) is 17.4 Å². The number of hydrogen-bond acceptors (Lipinski definition) is 5. The topological polar surface area (TPSA) is 78.4 Å². The Balaban J connectivity index is 2.17. The summed E-state index contributed by atoms with van der Waals surface area (Å²) in [5, 5.41) is 3.31. The van der Waals surface area contributed by atoms with E-state index in [4.69, 9.17) is 10.5 Å². The van der Waals surface area contributed by atoms with E-state index in [1.54, 1.807) is 6.07 Å². The number of nitrogen functional groups attached to an aromatic ring is 1. The molecule has 2 rings (SSSR count). The first-order chi connectivity index (χ1) is 7.66. The highest BCUT2D eigenvalue weighted by Gasteiger charge is 2.16. The fourth-order valence-electron chi connectivity index (χ4n) is 1.06. The van der Waals surface area contributed by atoms with Gasteiger partial charge in [-0.25, -0.2) is 9.18 Å². The molecule has 0 amide bonds. The summed E-state index contributed by atoms with van der Waals surface area (Å²) < 4.78 is 22.4. The molecule has 82 valence electrons. The minimum Gasteiger partial charge on any atom is -0.417 e. The summed E-state index contributed by atoms with van der Waals surface area (Å²) in [7, 11) is 0. The zero-order chi connectivity index (χ0) is 11.5. The Morgan fingerprint density at radius 2 is 2.19 bits per heavy atom. The number of carbonyl (C=O) groups excluding carboxylic acids is 1. The summed E-state index contributed by atoms with van der Waals surface area (Å²) in [6.45, 7) is 0. The Morgan fingerprint density at radius 1 is 1.44 bits per heavy atom. The first kappa shape index (κ1) is 10.2. The molecular weight excluding hydrogens is 215 g/mol. The molecule has 0 fully saturated rings. The molecule has 2 N–H and O–H groups in total. The lowest BCUT2D eigenvalue weighted by molar-refractivity contribution is 0.0684. The van der Waals surface area contributed by atoms with Crippen molar-refractivity contribution in [1.29, 1.82) is 0 Å². The van der Waals surface area contributed by atoms with Gasteiger partial charge in [0.2, 0.25) is 5.76 Å². The van der Waals surface area contributed by atoms with Crippen molar-refractivity contribution < 1.29 is 18.4 Å². The largest absolute Gasteiger partial charge is 0.417 e. The first-order valence-electron chi connectivity index (χ1n) is 4.36. The van der Waals surface area contributed by atoms with Crippen LogP contribution in [-0.2, 0) is 0 Å². The summed E-state index contributed by atoms with van der Waals surface area (Å²) in [6.07, 6.45) is 0. The van der Waals surface area contributed by atoms with E-state index < -0.39 is 11.8 Å². The number of hydrogen-bond donors (Lipinski definition) is 1. The number of nitrogens with two attached hydrogens (primary N) is 1. The van der Waals surface area contributed by atoms with Gasteiger partial charge in [-0.15, -0.1) is 0 Å². The third-order valence-electron chi connectivity index (χ3n) is 1.77. The molecule has 0 radical (unpaired) electrons. The van der Waals surface area contributed by atoms with Crippen LogP contribution in [0.3, 0.4) is 0 Å². The molecule has 0 spiro atoms. The van der Waals surface area contributed by atoms with Gasteiger partial charge in [0.25, 0.3) is 0 Å². The monoisotopic (exact) mass is 222 g/mol. The van der Waals surface area contributed by atoms with Crippen LogP contribution in [0.1, 0.15) is 10.6 Å². The number of aromatic nitrogens is 1. The van der Waals surface area contributed by atoms with E-state index in [1.165, 1.54) is 24.3 Å². The third kappa shape index (κ3) is 2.00. The summed E-state index contributed by atoms with van der Waals surface area (Å²) in [5.74, 6) is -1.79. The second-order valence-corrected chi connectivity index (χ2v) is 2.94. The Kier molecular flexibility index (Phi) is 2.55. The molecule has 6 heteroatoms. The number of esters is 1. The highest BCUT2D eigenvalue weighted by atomic mass is 19.1. The molecule has 0 aliphatic heterocycles. The maximum Gasteiger partial charge on any atom is 0.382 e. The Hall–Kier alpha value is -2.37. The van der Waals surface area contributed by atoms with Crippen molar-refractivity contribution in [3.05, 3.63) is 41.9 Å². The molecule has 2 aromatic rings. The van der Waals surface area contributed by atoms with Crippen LogP contribution in [0.15, 0.2) is 34.9 Å². The quantitative estimate of drug-likeness (QED) is 0.617. The molecule has 0 atom stereocenters. The zero-order valence-electron chi connectivity index (χ0n) is 8.01. The van der Waals surface area contributed by atoms with Crippen molar-refractivity contribution in [3.8, 4) is 5.75 Å². The number of benzene rings is 1. The lowest BCUT2D eigenvalue weighted by Gasteiger charge is -2.01. The van der Waals surface area contributed by atoms with E-state index in [1.807, 2.05) is 0 Å². The molecule has 5 nitrogen and oxygen atoms in total. The fraction of sp³-hybridized carbons (Fsp3) is 0. The maximum atomic E-state index is 13.1. The van der Waals surface area contributed by atoms with E-state index in [9.17, 15) is 9.18 Å². The highest BCUT2D eigenvalue weighted by molar-refractivity contribution is 5.88. The van der Waals surface area contributed by atoms with E-state index in [-0.39, 0.29) is 17.3 Å². The number of para-hydroxylation sites is 1. The van der Waals surface area contributed by atoms with E-state index >= 15 is 0 Å². The standard InChI is InChI=1S/C10H7FN2O3/c11-6-3-1-2-4-7(6)15-10(14)8-5-9(12)13-16-8/h1-5H,(H2,12,13). The second kappa shape index (κ2) is 4.01. The summed E-state index contributed by atoms with van der Waals surface area (Å²) in [4.78, 5) is 11.4. The number of carbonyl (C=O) groups is 1. The SMILES string of the molecule is Nc1cc(C(=O)Oc2ccccc2F)on1. The molecule has 0 aliphatic carbocycles. The van der Waals surface area contributed by atoms with Gasteiger partial charge in [0.1, 0.15) is 0 Å². The second-order valence-electron chi connectivity index (χ2n) is 2.94. The molecule has 1 aromatic carbocycles. The minimum atomic E-state index is -0.852. The van der Waals surface area contributed by atoms with Crippen LogP contribution in [-0.4, -0.2) is 11.1 Å². The molecule has 0 unspecified atom stereocenters. The third-order valence-corrected chi connectivity index (χ3v) is 1.77. The highest BCUT2D eigenvalue weighted by Crippen LogP contribution is 2.17. The Morgan fingerprint density at radius 3 is 2.81 bits per heavy atom. The molecule has 0 saturated heterocycles. The van der Waals surface area contributed by atoms with Gasteiger partial charge < -0.3 is 15.0 Å². The average molecular weight is 222 g/mol. The van der Waals surface area contributed by atoms with Crippen LogP contribution < -0.4 is 10.5 Å². The summed E-state index contributed by atoms with van der Waals surface area (Å²) >= 11 is 0. The van der Waals surface area contributed by atoms with Gasteiger partial charge in [0.05, 0.1) is 0 Å². The van der Waals surface area contributed by atoms with Gasteiger partial charge >= 0.3 is 5.97 Å². The lowest BCUT2D eigenvalue weighted by atomic mass is 10.3. The normalized spacial score (nSPS) is 10.1. The molecule has 0 aliphatic rings. The van der Waals surface area contributed by atoms with E-state index in [0.29, 0.717) is 0 Å². The van der Waals surface area contributed by atoms with Crippen LogP contribution in [0.2, 0.25) is 0 Å². The van der Waals surface area contributed by atoms with Crippen molar-refractivity contribution >= 4 is 11.8 Å². The number of rotatable bonds is 2. The minimum absolute atomic E-state index is 0.0560. The van der Waals surface area contributed by atoms with Crippen molar-refractivity contribution in [3.63, 3.8) is 0 Å². The lowest BCUT2D eigenvalue weighted by Crippen LogP contribution is -2.08. The molecule has 0 bridgehead atoms. The Bertz CT molecular complexity index is 524. The number of halogens is 1. The predicted molar refractivity (Wildman–Crippen MR) is 52.3 cm³/mol. The Labute approximate surface area is 89.6 Å². The first-order valence-corrected chi connectivity index (χ1v) is 4.36. The molecule has 1 heterocycles. The molecule has 1 aromatic heterocycles. The van der Waals surface area contributed by atoms with Crippen molar-refractivity contribution in [2.75, 3.05) is 5.73 Å². The van der Waals surface area contributed by atoms with Gasteiger partial charge in [-0.3, -0.25) is 0 Å². The van der Waals surface area contributed by atoms with Gasteiger partial charge in [0, 0.05) is 6.07 Å². The average Bonchev–Trinajstić information content (AvgIpc) is 2.68. The smallest absolute Gasteiger partial charge is 0.382 e. The summed E-state index contributed by atoms with van der Waals surface area (Å²) in [5.41, 5.74) is 5.25. The predicted octanol–water partition coefficient (Wildman–Crippen LogP) is 1.62. The maximum absolute atomic E-state index is 13.1. The number of anilines is 1. The van der Waals surface area contributed by atoms with Crippen LogP contribution >= 0.6 is 0 Å². The van der Waals surface area contributed by atoms with Gasteiger partial charge in [-0.05, 0) is 12.1 Å². The van der Waals surface area contributed by atoms with Crippen LogP contribution in [0.4, 0.5) is 10.2 Å². The summed E-state index contributed by atoms with van der Waals surface area (Å²) in [6, 6.07) is 6.73. The van der Waals surface area contributed by atoms with Gasteiger partial charge in [-0.1, -0.05) is 17.3 Å². The molecule has 16 heavy (non-hydrogen) atoms. The van der Waals surface area contributed by atoms with Crippen molar-refractivity contribution in [2.45, 2.75) is 0 Å². The fourth-order valence-corrected chi connectivity index (χ4v) is 1.06. The van der Waals surface area contributed by atoms with E-state index in [2.05, 4.69) is 9.68 Å². The van der Waals surface area contributed by atoms with Crippen LogP contribution in [0, 0.1) is 5.82 Å². The zero-order valence-corrected chi connectivity index (χ0v) is 8.01. The molecule has 0 saturated carbocycles.